The average molecular weight is 223 g/mol. The third-order valence-electron chi connectivity index (χ3n) is 2.92. The lowest BCUT2D eigenvalue weighted by molar-refractivity contribution is 0.336. The van der Waals surface area contributed by atoms with Gasteiger partial charge in [0.2, 0.25) is 0 Å². The summed E-state index contributed by atoms with van der Waals surface area (Å²) in [6.45, 7) is 14.5. The Morgan fingerprint density at radius 3 is 2.12 bits per heavy atom. The molecule has 16 heavy (non-hydrogen) atoms. The number of hydrogen-bond donors (Lipinski definition) is 0. The molecule has 0 aliphatic rings. The Hall–Kier alpha value is -0.560. The molecule has 0 aromatic rings. The number of unbranched alkanes of at least 4 members (excludes halogenated alkanes) is 1. The quantitative estimate of drug-likeness (QED) is 0.435. The Morgan fingerprint density at radius 2 is 1.62 bits per heavy atom. The Morgan fingerprint density at radius 1 is 1.00 bits per heavy atom. The summed E-state index contributed by atoms with van der Waals surface area (Å²) in [7, 11) is 0. The maximum Gasteiger partial charge on any atom is 0.0165 e. The van der Waals surface area contributed by atoms with Crippen molar-refractivity contribution in [3.8, 4) is 0 Å². The van der Waals surface area contributed by atoms with Gasteiger partial charge in [0.1, 0.15) is 0 Å². The van der Waals surface area contributed by atoms with E-state index in [1.807, 2.05) is 0 Å². The van der Waals surface area contributed by atoms with E-state index < -0.39 is 0 Å². The summed E-state index contributed by atoms with van der Waals surface area (Å²) in [4.78, 5) is 2.44. The number of rotatable bonds is 8. The zero-order valence-corrected chi connectivity index (χ0v) is 11.8. The number of allylic oxidation sites excluding steroid dienone is 3. The molecule has 0 bridgehead atoms. The fourth-order valence-electron chi connectivity index (χ4n) is 1.64. The van der Waals surface area contributed by atoms with Gasteiger partial charge in [-0.25, -0.2) is 0 Å². The Kier molecular flexibility index (Phi) is 9.31. The molecule has 0 fully saturated rings. The van der Waals surface area contributed by atoms with Gasteiger partial charge in [-0.15, -0.1) is 0 Å². The van der Waals surface area contributed by atoms with Crippen LogP contribution in [-0.4, -0.2) is 24.5 Å². The maximum atomic E-state index is 2.44. The zero-order chi connectivity index (χ0) is 12.4. The van der Waals surface area contributed by atoms with Crippen molar-refractivity contribution in [1.29, 1.82) is 0 Å². The van der Waals surface area contributed by atoms with Crippen molar-refractivity contribution in [2.75, 3.05) is 19.6 Å². The van der Waals surface area contributed by atoms with Crippen LogP contribution in [0.2, 0.25) is 0 Å². The predicted molar refractivity (Wildman–Crippen MR) is 74.8 cm³/mol. The lowest BCUT2D eigenvalue weighted by Crippen LogP contribution is -2.22. The average Bonchev–Trinajstić information content (AvgIpc) is 2.25. The van der Waals surface area contributed by atoms with E-state index in [0.717, 1.165) is 19.6 Å². The van der Waals surface area contributed by atoms with Crippen LogP contribution in [0.3, 0.4) is 0 Å². The molecule has 0 saturated heterocycles. The second-order valence-corrected chi connectivity index (χ2v) is 4.71. The topological polar surface area (TPSA) is 3.24 Å². The summed E-state index contributed by atoms with van der Waals surface area (Å²) >= 11 is 0. The molecule has 0 N–H and O–H groups in total. The standard InChI is InChI=1S/C15H29N/c1-6-16(7-2)13-12-15(5)11-9-8-10-14(3)4/h10,12H,6-9,11,13H2,1-5H3/b15-12+. The summed E-state index contributed by atoms with van der Waals surface area (Å²) in [6, 6.07) is 0. The molecular weight excluding hydrogens is 194 g/mol. The molecule has 0 aromatic carbocycles. The summed E-state index contributed by atoms with van der Waals surface area (Å²) < 4.78 is 0. The minimum absolute atomic E-state index is 1.11. The molecule has 0 unspecified atom stereocenters. The first-order chi connectivity index (χ1) is 7.60. The van der Waals surface area contributed by atoms with E-state index in [1.165, 1.54) is 30.4 Å². The molecule has 0 saturated carbocycles. The molecule has 1 heteroatoms. The lowest BCUT2D eigenvalue weighted by Gasteiger charge is -2.15. The molecular formula is C15H29N. The molecule has 0 aliphatic heterocycles. The Labute approximate surface area is 102 Å². The van der Waals surface area contributed by atoms with Crippen molar-refractivity contribution >= 4 is 0 Å². The van der Waals surface area contributed by atoms with Crippen LogP contribution >= 0.6 is 0 Å². The van der Waals surface area contributed by atoms with Crippen molar-refractivity contribution in [2.24, 2.45) is 0 Å². The smallest absolute Gasteiger partial charge is 0.0165 e. The van der Waals surface area contributed by atoms with Crippen LogP contribution in [0, 0.1) is 0 Å². The fraction of sp³-hybridized carbons (Fsp3) is 0.733. The molecule has 0 aliphatic carbocycles. The highest BCUT2D eigenvalue weighted by atomic mass is 15.1. The van der Waals surface area contributed by atoms with Crippen LogP contribution in [0.5, 0.6) is 0 Å². The van der Waals surface area contributed by atoms with Crippen LogP contribution in [-0.2, 0) is 0 Å². The Balaban J connectivity index is 3.74. The summed E-state index contributed by atoms with van der Waals surface area (Å²) in [5, 5.41) is 0. The number of nitrogens with zero attached hydrogens (tertiary/aromatic N) is 1. The summed E-state index contributed by atoms with van der Waals surface area (Å²) in [5.41, 5.74) is 2.97. The van der Waals surface area contributed by atoms with Gasteiger partial charge < -0.3 is 4.90 Å². The molecule has 0 radical (unpaired) electrons. The van der Waals surface area contributed by atoms with Crippen molar-refractivity contribution in [1.82, 2.24) is 4.90 Å². The second kappa shape index (κ2) is 9.65. The van der Waals surface area contributed by atoms with Crippen LogP contribution in [0.15, 0.2) is 23.3 Å². The van der Waals surface area contributed by atoms with Crippen LogP contribution in [0.4, 0.5) is 0 Å². The molecule has 0 heterocycles. The van der Waals surface area contributed by atoms with Gasteiger partial charge in [0.25, 0.3) is 0 Å². The van der Waals surface area contributed by atoms with E-state index in [-0.39, 0.29) is 0 Å². The van der Waals surface area contributed by atoms with Gasteiger partial charge in [0.05, 0.1) is 0 Å². The number of hydrogen-bond acceptors (Lipinski definition) is 1. The highest BCUT2D eigenvalue weighted by Crippen LogP contribution is 2.08. The monoisotopic (exact) mass is 223 g/mol. The van der Waals surface area contributed by atoms with Gasteiger partial charge >= 0.3 is 0 Å². The van der Waals surface area contributed by atoms with Gasteiger partial charge in [-0.2, -0.15) is 0 Å². The predicted octanol–water partition coefficient (Wildman–Crippen LogP) is 4.41. The zero-order valence-electron chi connectivity index (χ0n) is 11.8. The highest BCUT2D eigenvalue weighted by Gasteiger charge is 1.96. The van der Waals surface area contributed by atoms with Crippen molar-refractivity contribution in [2.45, 2.75) is 53.9 Å². The van der Waals surface area contributed by atoms with Gasteiger partial charge in [0.15, 0.2) is 0 Å². The van der Waals surface area contributed by atoms with E-state index in [0.29, 0.717) is 0 Å². The maximum absolute atomic E-state index is 2.44. The summed E-state index contributed by atoms with van der Waals surface area (Å²) in [5.74, 6) is 0. The molecule has 0 amide bonds. The van der Waals surface area contributed by atoms with Crippen LogP contribution in [0.25, 0.3) is 0 Å². The second-order valence-electron chi connectivity index (χ2n) is 4.71. The van der Waals surface area contributed by atoms with Crippen LogP contribution in [0.1, 0.15) is 53.9 Å². The van der Waals surface area contributed by atoms with E-state index in [9.17, 15) is 0 Å². The fourth-order valence-corrected chi connectivity index (χ4v) is 1.64. The molecule has 0 rings (SSSR count). The normalized spacial score (nSPS) is 12.0. The first-order valence-electron chi connectivity index (χ1n) is 6.61. The van der Waals surface area contributed by atoms with Gasteiger partial charge in [-0.1, -0.05) is 37.1 Å². The van der Waals surface area contributed by atoms with E-state index in [4.69, 9.17) is 0 Å². The van der Waals surface area contributed by atoms with E-state index in [2.05, 4.69) is 51.7 Å². The first-order valence-corrected chi connectivity index (χ1v) is 6.61. The van der Waals surface area contributed by atoms with Gasteiger partial charge in [-0.3, -0.25) is 0 Å². The van der Waals surface area contributed by atoms with E-state index >= 15 is 0 Å². The first kappa shape index (κ1) is 15.4. The van der Waals surface area contributed by atoms with Crippen molar-refractivity contribution in [3.05, 3.63) is 23.3 Å². The highest BCUT2D eigenvalue weighted by molar-refractivity contribution is 5.00. The molecule has 0 spiro atoms. The minimum Gasteiger partial charge on any atom is -0.300 e. The number of likely N-dealkylation sites (N-methyl/N-ethyl adjacent to an activating group) is 1. The van der Waals surface area contributed by atoms with Crippen LogP contribution < -0.4 is 0 Å². The minimum atomic E-state index is 1.11. The Bertz CT molecular complexity index is 218. The van der Waals surface area contributed by atoms with Gasteiger partial charge in [0, 0.05) is 6.54 Å². The molecule has 1 nitrogen and oxygen atoms in total. The van der Waals surface area contributed by atoms with Gasteiger partial charge in [-0.05, 0) is 53.1 Å². The molecule has 0 atom stereocenters. The van der Waals surface area contributed by atoms with Crippen molar-refractivity contribution in [3.63, 3.8) is 0 Å². The van der Waals surface area contributed by atoms with Crippen molar-refractivity contribution < 1.29 is 0 Å². The molecule has 0 aromatic heterocycles. The summed E-state index contributed by atoms with van der Waals surface area (Å²) in [6.07, 6.45) is 8.46. The lowest BCUT2D eigenvalue weighted by atomic mass is 10.1. The third-order valence-corrected chi connectivity index (χ3v) is 2.92. The van der Waals surface area contributed by atoms with E-state index in [1.54, 1.807) is 0 Å². The largest absolute Gasteiger partial charge is 0.300 e. The SMILES string of the molecule is CCN(CC)C/C=C(\C)CCCC=C(C)C. The molecule has 94 valence electrons. The third kappa shape index (κ3) is 8.72.